The first-order chi connectivity index (χ1) is 10.3. The van der Waals surface area contributed by atoms with Crippen molar-refractivity contribution in [3.8, 4) is 0 Å². The Hall–Kier alpha value is -1.36. The molecule has 1 aromatic heterocycles. The Labute approximate surface area is 127 Å². The van der Waals surface area contributed by atoms with E-state index in [4.69, 9.17) is 4.98 Å². The number of rotatable bonds is 5. The first-order valence-electron chi connectivity index (χ1n) is 8.42. The molecule has 0 saturated carbocycles. The van der Waals surface area contributed by atoms with Crippen molar-refractivity contribution in [3.05, 3.63) is 12.3 Å². The second kappa shape index (κ2) is 7.07. The first-order valence-corrected chi connectivity index (χ1v) is 8.42. The van der Waals surface area contributed by atoms with Gasteiger partial charge in [-0.05, 0) is 31.9 Å². The Bertz CT molecular complexity index is 436. The van der Waals surface area contributed by atoms with Gasteiger partial charge in [0.25, 0.3) is 0 Å². The summed E-state index contributed by atoms with van der Waals surface area (Å²) in [7, 11) is 0. The van der Waals surface area contributed by atoms with Gasteiger partial charge in [-0.15, -0.1) is 0 Å². The standard InChI is InChI=1S/C16H27N5/c1-2-9-20-12-14(13-20)18-16-17-8-7-15(19-16)21-10-5-3-4-6-11-21/h7-8,14H,2-6,9-13H2,1H3,(H,17,18,19). The van der Waals surface area contributed by atoms with Crippen LogP contribution in [0.1, 0.15) is 39.0 Å². The molecule has 21 heavy (non-hydrogen) atoms. The van der Waals surface area contributed by atoms with E-state index in [0.717, 1.165) is 37.9 Å². The van der Waals surface area contributed by atoms with Gasteiger partial charge in [0.05, 0.1) is 6.04 Å². The molecule has 0 spiro atoms. The lowest BCUT2D eigenvalue weighted by atomic mass is 10.1. The Kier molecular flexibility index (Phi) is 4.91. The van der Waals surface area contributed by atoms with E-state index in [9.17, 15) is 0 Å². The predicted molar refractivity (Wildman–Crippen MR) is 86.9 cm³/mol. The molecule has 0 bridgehead atoms. The summed E-state index contributed by atoms with van der Waals surface area (Å²) in [6.07, 6.45) is 8.37. The Balaban J connectivity index is 1.56. The summed E-state index contributed by atoms with van der Waals surface area (Å²) in [5.41, 5.74) is 0. The lowest BCUT2D eigenvalue weighted by molar-refractivity contribution is 0.162. The molecule has 3 rings (SSSR count). The highest BCUT2D eigenvalue weighted by Gasteiger charge is 2.26. The zero-order valence-electron chi connectivity index (χ0n) is 13.1. The van der Waals surface area contributed by atoms with Gasteiger partial charge in [-0.1, -0.05) is 19.8 Å². The Morgan fingerprint density at radius 3 is 2.67 bits per heavy atom. The van der Waals surface area contributed by atoms with Crippen LogP contribution in [0.3, 0.4) is 0 Å². The minimum atomic E-state index is 0.510. The van der Waals surface area contributed by atoms with Crippen LogP contribution in [0.4, 0.5) is 11.8 Å². The molecule has 5 heteroatoms. The van der Waals surface area contributed by atoms with Crippen LogP contribution in [0, 0.1) is 0 Å². The third-order valence-electron chi connectivity index (χ3n) is 4.40. The van der Waals surface area contributed by atoms with Gasteiger partial charge < -0.3 is 10.2 Å². The lowest BCUT2D eigenvalue weighted by Crippen LogP contribution is -2.54. The minimum absolute atomic E-state index is 0.510. The highest BCUT2D eigenvalue weighted by atomic mass is 15.3. The van der Waals surface area contributed by atoms with Gasteiger partial charge in [0.15, 0.2) is 0 Å². The molecule has 1 aromatic rings. The summed E-state index contributed by atoms with van der Waals surface area (Å²) >= 11 is 0. The third kappa shape index (κ3) is 3.84. The van der Waals surface area contributed by atoms with Crippen molar-refractivity contribution in [2.75, 3.05) is 42.9 Å². The van der Waals surface area contributed by atoms with Gasteiger partial charge in [0.1, 0.15) is 5.82 Å². The van der Waals surface area contributed by atoms with E-state index in [2.05, 4.69) is 27.0 Å². The number of hydrogen-bond donors (Lipinski definition) is 1. The normalized spacial score (nSPS) is 20.9. The zero-order chi connectivity index (χ0) is 14.5. The predicted octanol–water partition coefficient (Wildman–Crippen LogP) is 2.36. The van der Waals surface area contributed by atoms with Crippen molar-refractivity contribution < 1.29 is 0 Å². The van der Waals surface area contributed by atoms with Gasteiger partial charge >= 0.3 is 0 Å². The zero-order valence-corrected chi connectivity index (χ0v) is 13.1. The van der Waals surface area contributed by atoms with Crippen LogP contribution >= 0.6 is 0 Å². The average Bonchev–Trinajstić information content (AvgIpc) is 2.74. The van der Waals surface area contributed by atoms with Crippen LogP contribution in [0.25, 0.3) is 0 Å². The second-order valence-electron chi connectivity index (χ2n) is 6.24. The minimum Gasteiger partial charge on any atom is -0.356 e. The van der Waals surface area contributed by atoms with Gasteiger partial charge in [-0.3, -0.25) is 4.90 Å². The molecular weight excluding hydrogens is 262 g/mol. The summed E-state index contributed by atoms with van der Waals surface area (Å²) in [6.45, 7) is 7.92. The van der Waals surface area contributed by atoms with E-state index in [1.807, 2.05) is 12.3 Å². The maximum absolute atomic E-state index is 4.72. The Morgan fingerprint density at radius 1 is 1.19 bits per heavy atom. The van der Waals surface area contributed by atoms with E-state index in [0.29, 0.717) is 6.04 Å². The van der Waals surface area contributed by atoms with Crippen LogP contribution in [-0.4, -0.2) is 53.6 Å². The van der Waals surface area contributed by atoms with E-state index in [-0.39, 0.29) is 0 Å². The molecule has 116 valence electrons. The summed E-state index contributed by atoms with van der Waals surface area (Å²) in [5, 5.41) is 3.47. The summed E-state index contributed by atoms with van der Waals surface area (Å²) in [4.78, 5) is 14.0. The van der Waals surface area contributed by atoms with Crippen LogP contribution in [0.5, 0.6) is 0 Å². The number of hydrogen-bond acceptors (Lipinski definition) is 5. The summed E-state index contributed by atoms with van der Waals surface area (Å²) < 4.78 is 0. The van der Waals surface area contributed by atoms with Crippen LogP contribution in [0.15, 0.2) is 12.3 Å². The number of nitrogens with one attached hydrogen (secondary N) is 1. The fourth-order valence-electron chi connectivity index (χ4n) is 3.24. The molecule has 2 saturated heterocycles. The number of likely N-dealkylation sites (tertiary alicyclic amines) is 1. The molecule has 0 atom stereocenters. The van der Waals surface area contributed by atoms with E-state index >= 15 is 0 Å². The lowest BCUT2D eigenvalue weighted by Gasteiger charge is -2.39. The van der Waals surface area contributed by atoms with Crippen LogP contribution in [-0.2, 0) is 0 Å². The number of aromatic nitrogens is 2. The first kappa shape index (κ1) is 14.6. The quantitative estimate of drug-likeness (QED) is 0.901. The largest absolute Gasteiger partial charge is 0.356 e. The molecule has 3 heterocycles. The highest BCUT2D eigenvalue weighted by molar-refractivity contribution is 5.43. The molecule has 2 aliphatic heterocycles. The maximum atomic E-state index is 4.72. The maximum Gasteiger partial charge on any atom is 0.224 e. The van der Waals surface area contributed by atoms with Gasteiger partial charge in [-0.25, -0.2) is 4.98 Å². The molecule has 5 nitrogen and oxygen atoms in total. The van der Waals surface area contributed by atoms with Gasteiger partial charge in [0, 0.05) is 32.4 Å². The fraction of sp³-hybridized carbons (Fsp3) is 0.750. The SMILES string of the molecule is CCCN1CC(Nc2nccc(N3CCCCCC3)n2)C1. The molecular formula is C16H27N5. The van der Waals surface area contributed by atoms with E-state index < -0.39 is 0 Å². The average molecular weight is 289 g/mol. The molecule has 2 aliphatic rings. The van der Waals surface area contributed by atoms with Crippen molar-refractivity contribution in [1.82, 2.24) is 14.9 Å². The van der Waals surface area contributed by atoms with Crippen molar-refractivity contribution in [1.29, 1.82) is 0 Å². The van der Waals surface area contributed by atoms with Gasteiger partial charge in [0.2, 0.25) is 5.95 Å². The fourth-order valence-corrected chi connectivity index (χ4v) is 3.24. The van der Waals surface area contributed by atoms with Crippen molar-refractivity contribution in [3.63, 3.8) is 0 Å². The van der Waals surface area contributed by atoms with Gasteiger partial charge in [-0.2, -0.15) is 4.98 Å². The number of nitrogens with zero attached hydrogens (tertiary/aromatic N) is 4. The molecule has 0 radical (unpaired) electrons. The van der Waals surface area contributed by atoms with Crippen LogP contribution in [0.2, 0.25) is 0 Å². The molecule has 1 N–H and O–H groups in total. The third-order valence-corrected chi connectivity index (χ3v) is 4.40. The van der Waals surface area contributed by atoms with Crippen molar-refractivity contribution in [2.24, 2.45) is 0 Å². The second-order valence-corrected chi connectivity index (χ2v) is 6.24. The molecule has 0 unspecified atom stereocenters. The summed E-state index contributed by atoms with van der Waals surface area (Å²) in [5.74, 6) is 1.87. The smallest absolute Gasteiger partial charge is 0.224 e. The highest BCUT2D eigenvalue weighted by Crippen LogP contribution is 2.19. The molecule has 0 amide bonds. The van der Waals surface area contributed by atoms with Crippen LogP contribution < -0.4 is 10.2 Å². The molecule has 0 aliphatic carbocycles. The monoisotopic (exact) mass is 289 g/mol. The van der Waals surface area contributed by atoms with Crippen molar-refractivity contribution >= 4 is 11.8 Å². The van der Waals surface area contributed by atoms with E-state index in [1.165, 1.54) is 38.6 Å². The molecule has 2 fully saturated rings. The Morgan fingerprint density at radius 2 is 1.95 bits per heavy atom. The topological polar surface area (TPSA) is 44.3 Å². The summed E-state index contributed by atoms with van der Waals surface area (Å²) in [6, 6.07) is 2.55. The molecule has 0 aromatic carbocycles. The van der Waals surface area contributed by atoms with E-state index in [1.54, 1.807) is 0 Å². The number of anilines is 2. The van der Waals surface area contributed by atoms with Crippen molar-refractivity contribution in [2.45, 2.75) is 45.1 Å².